The smallest absolute Gasteiger partial charge is 0.0314 e. The van der Waals surface area contributed by atoms with E-state index in [2.05, 4.69) is 27.5 Å². The minimum atomic E-state index is 1.11. The van der Waals surface area contributed by atoms with Gasteiger partial charge in [0.05, 0.1) is 0 Å². The molecule has 3 heteroatoms. The highest BCUT2D eigenvalue weighted by molar-refractivity contribution is 4.90. The topological polar surface area (TPSA) is 18.5 Å². The SMILES string of the molecule is C1=CCN(N2CCNCC2)CC1. The lowest BCUT2D eigenvalue weighted by atomic mass is 10.3. The number of piperazine rings is 1. The number of nitrogens with one attached hydrogen (secondary N) is 1. The molecule has 0 aromatic carbocycles. The van der Waals surface area contributed by atoms with Crippen LogP contribution < -0.4 is 5.32 Å². The third-order valence-electron chi connectivity index (χ3n) is 2.53. The number of hydrogen-bond donors (Lipinski definition) is 1. The summed E-state index contributed by atoms with van der Waals surface area (Å²) < 4.78 is 0. The van der Waals surface area contributed by atoms with E-state index in [0.29, 0.717) is 0 Å². The Kier molecular flexibility index (Phi) is 2.76. The molecular formula is C9H17N3. The first-order valence-corrected chi connectivity index (χ1v) is 4.82. The molecule has 2 aliphatic rings. The number of hydrazine groups is 1. The molecule has 1 N–H and O–H groups in total. The maximum absolute atomic E-state index is 3.37. The first-order valence-electron chi connectivity index (χ1n) is 4.82. The van der Waals surface area contributed by atoms with Gasteiger partial charge in [-0.1, -0.05) is 12.2 Å². The van der Waals surface area contributed by atoms with E-state index in [1.807, 2.05) is 0 Å². The maximum Gasteiger partial charge on any atom is 0.0314 e. The zero-order valence-corrected chi connectivity index (χ0v) is 7.50. The molecule has 0 atom stereocenters. The predicted octanol–water partition coefficient (Wildman–Crippen LogP) is 0.0685. The summed E-state index contributed by atoms with van der Waals surface area (Å²) in [5.74, 6) is 0. The van der Waals surface area contributed by atoms with Gasteiger partial charge in [-0.05, 0) is 6.42 Å². The Morgan fingerprint density at radius 3 is 2.42 bits per heavy atom. The quantitative estimate of drug-likeness (QED) is 0.557. The van der Waals surface area contributed by atoms with Crippen LogP contribution in [0.1, 0.15) is 6.42 Å². The maximum atomic E-state index is 3.37. The van der Waals surface area contributed by atoms with E-state index >= 15 is 0 Å². The third-order valence-corrected chi connectivity index (χ3v) is 2.53. The second-order valence-electron chi connectivity index (χ2n) is 3.38. The van der Waals surface area contributed by atoms with E-state index in [4.69, 9.17) is 0 Å². The molecule has 68 valence electrons. The first kappa shape index (κ1) is 8.23. The molecule has 1 saturated heterocycles. The van der Waals surface area contributed by atoms with Crippen LogP contribution in [0.25, 0.3) is 0 Å². The summed E-state index contributed by atoms with van der Waals surface area (Å²) in [5, 5.41) is 8.30. The molecule has 0 aliphatic carbocycles. The fraction of sp³-hybridized carbons (Fsp3) is 0.778. The van der Waals surface area contributed by atoms with Gasteiger partial charge in [0.15, 0.2) is 0 Å². The highest BCUT2D eigenvalue weighted by Gasteiger charge is 2.17. The van der Waals surface area contributed by atoms with Gasteiger partial charge in [-0.25, -0.2) is 10.0 Å². The standard InChI is InChI=1S/C9H17N3/c1-2-6-11(7-3-1)12-8-4-10-5-9-12/h1-2,10H,3-9H2. The monoisotopic (exact) mass is 167 g/mol. The largest absolute Gasteiger partial charge is 0.314 e. The van der Waals surface area contributed by atoms with Gasteiger partial charge in [0.1, 0.15) is 0 Å². The Morgan fingerprint density at radius 1 is 0.917 bits per heavy atom. The van der Waals surface area contributed by atoms with Gasteiger partial charge in [0, 0.05) is 39.3 Å². The second-order valence-corrected chi connectivity index (χ2v) is 3.38. The van der Waals surface area contributed by atoms with Crippen molar-refractivity contribution in [3.05, 3.63) is 12.2 Å². The van der Waals surface area contributed by atoms with Gasteiger partial charge < -0.3 is 5.32 Å². The van der Waals surface area contributed by atoms with Crippen molar-refractivity contribution in [1.29, 1.82) is 0 Å². The Morgan fingerprint density at radius 2 is 1.75 bits per heavy atom. The van der Waals surface area contributed by atoms with Gasteiger partial charge in [0.2, 0.25) is 0 Å². The average Bonchev–Trinajstić information content (AvgIpc) is 2.21. The van der Waals surface area contributed by atoms with Gasteiger partial charge in [-0.15, -0.1) is 0 Å². The lowest BCUT2D eigenvalue weighted by molar-refractivity contribution is -0.0257. The Labute approximate surface area is 74.0 Å². The molecule has 0 aromatic heterocycles. The minimum absolute atomic E-state index is 1.11. The Bertz CT molecular complexity index is 161. The highest BCUT2D eigenvalue weighted by atomic mass is 15.6. The lowest BCUT2D eigenvalue weighted by Crippen LogP contribution is -2.53. The molecule has 0 aromatic rings. The van der Waals surface area contributed by atoms with Crippen LogP contribution in [-0.4, -0.2) is 49.3 Å². The molecule has 0 bridgehead atoms. The van der Waals surface area contributed by atoms with Crippen LogP contribution in [0.3, 0.4) is 0 Å². The zero-order chi connectivity index (χ0) is 8.23. The van der Waals surface area contributed by atoms with Gasteiger partial charge in [0.25, 0.3) is 0 Å². The van der Waals surface area contributed by atoms with Crippen molar-refractivity contribution in [1.82, 2.24) is 15.3 Å². The van der Waals surface area contributed by atoms with Crippen LogP contribution in [0.15, 0.2) is 12.2 Å². The summed E-state index contributed by atoms with van der Waals surface area (Å²) in [4.78, 5) is 0. The first-order chi connectivity index (χ1) is 5.97. The zero-order valence-electron chi connectivity index (χ0n) is 7.50. The summed E-state index contributed by atoms with van der Waals surface area (Å²) in [7, 11) is 0. The normalized spacial score (nSPS) is 27.7. The summed E-state index contributed by atoms with van der Waals surface area (Å²) >= 11 is 0. The van der Waals surface area contributed by atoms with E-state index in [-0.39, 0.29) is 0 Å². The van der Waals surface area contributed by atoms with Crippen LogP contribution in [0.5, 0.6) is 0 Å². The van der Waals surface area contributed by atoms with Crippen molar-refractivity contribution in [2.24, 2.45) is 0 Å². The summed E-state index contributed by atoms with van der Waals surface area (Å²) in [5.41, 5.74) is 0. The molecule has 2 aliphatic heterocycles. The summed E-state index contributed by atoms with van der Waals surface area (Å²) in [6.07, 6.45) is 5.76. The number of nitrogens with zero attached hydrogens (tertiary/aromatic N) is 2. The molecule has 1 fully saturated rings. The minimum Gasteiger partial charge on any atom is -0.314 e. The molecule has 0 saturated carbocycles. The van der Waals surface area contributed by atoms with Gasteiger partial charge in [-0.2, -0.15) is 0 Å². The third kappa shape index (κ3) is 1.86. The molecule has 2 rings (SSSR count). The van der Waals surface area contributed by atoms with Gasteiger partial charge in [-0.3, -0.25) is 0 Å². The Hall–Kier alpha value is -0.380. The number of hydrogen-bond acceptors (Lipinski definition) is 3. The van der Waals surface area contributed by atoms with E-state index in [1.54, 1.807) is 0 Å². The van der Waals surface area contributed by atoms with Crippen LogP contribution in [-0.2, 0) is 0 Å². The molecule has 2 heterocycles. The van der Waals surface area contributed by atoms with Crippen molar-refractivity contribution in [3.63, 3.8) is 0 Å². The Balaban J connectivity index is 1.85. The van der Waals surface area contributed by atoms with Crippen molar-refractivity contribution in [2.45, 2.75) is 6.42 Å². The lowest BCUT2D eigenvalue weighted by Gasteiger charge is -2.38. The van der Waals surface area contributed by atoms with Gasteiger partial charge >= 0.3 is 0 Å². The van der Waals surface area contributed by atoms with E-state index in [9.17, 15) is 0 Å². The summed E-state index contributed by atoms with van der Waals surface area (Å²) in [6.45, 7) is 6.94. The van der Waals surface area contributed by atoms with Crippen LogP contribution in [0, 0.1) is 0 Å². The molecule has 0 unspecified atom stereocenters. The van der Waals surface area contributed by atoms with E-state index < -0.39 is 0 Å². The number of rotatable bonds is 1. The molecule has 0 radical (unpaired) electrons. The predicted molar refractivity (Wildman–Crippen MR) is 49.8 cm³/mol. The van der Waals surface area contributed by atoms with E-state index in [1.165, 1.54) is 26.1 Å². The van der Waals surface area contributed by atoms with E-state index in [0.717, 1.165) is 19.6 Å². The van der Waals surface area contributed by atoms with Crippen molar-refractivity contribution in [2.75, 3.05) is 39.3 Å². The fourth-order valence-corrected chi connectivity index (χ4v) is 1.82. The second kappa shape index (κ2) is 4.03. The van der Waals surface area contributed by atoms with Crippen LogP contribution in [0.4, 0.5) is 0 Å². The molecular weight excluding hydrogens is 150 g/mol. The summed E-state index contributed by atoms with van der Waals surface area (Å²) in [6, 6.07) is 0. The molecule has 0 spiro atoms. The van der Waals surface area contributed by atoms with Crippen LogP contribution >= 0.6 is 0 Å². The van der Waals surface area contributed by atoms with Crippen LogP contribution in [0.2, 0.25) is 0 Å². The molecule has 12 heavy (non-hydrogen) atoms. The molecule has 3 nitrogen and oxygen atoms in total. The van der Waals surface area contributed by atoms with Crippen molar-refractivity contribution < 1.29 is 0 Å². The molecule has 0 amide bonds. The average molecular weight is 167 g/mol. The fourth-order valence-electron chi connectivity index (χ4n) is 1.82. The highest BCUT2D eigenvalue weighted by Crippen LogP contribution is 2.06. The van der Waals surface area contributed by atoms with Crippen molar-refractivity contribution in [3.8, 4) is 0 Å². The van der Waals surface area contributed by atoms with Crippen molar-refractivity contribution >= 4 is 0 Å².